The van der Waals surface area contributed by atoms with Gasteiger partial charge in [-0.15, -0.1) is 18.3 Å². The standard InChI is InChI=1S/C20H19Cl2NO2S/c1-4-5-15(12-6-9-17(21)18(22)10-12)20(25)16-8-7-13(26-3)11-14(16)19(24)23(20)2/h4,6-11,15,25H,1,5H2,2-3H3. The summed E-state index contributed by atoms with van der Waals surface area (Å²) in [6.45, 7) is 3.82. The van der Waals surface area contributed by atoms with Crippen molar-refractivity contribution >= 4 is 40.9 Å². The fourth-order valence-corrected chi connectivity index (χ4v) is 4.26. The van der Waals surface area contributed by atoms with Gasteiger partial charge in [-0.3, -0.25) is 4.79 Å². The minimum absolute atomic E-state index is 0.201. The Labute approximate surface area is 167 Å². The number of carbonyl (C=O) groups excluding carboxylic acids is 1. The maximum absolute atomic E-state index is 12.8. The summed E-state index contributed by atoms with van der Waals surface area (Å²) >= 11 is 13.8. The highest BCUT2D eigenvalue weighted by Gasteiger charge is 2.51. The van der Waals surface area contributed by atoms with E-state index in [0.29, 0.717) is 27.6 Å². The molecule has 1 amide bonds. The third-order valence-corrected chi connectivity index (χ3v) is 6.37. The van der Waals surface area contributed by atoms with Gasteiger partial charge >= 0.3 is 0 Å². The van der Waals surface area contributed by atoms with Gasteiger partial charge in [-0.2, -0.15) is 0 Å². The number of amides is 1. The highest BCUT2D eigenvalue weighted by molar-refractivity contribution is 7.98. The van der Waals surface area contributed by atoms with Crippen molar-refractivity contribution in [2.45, 2.75) is 23.0 Å². The van der Waals surface area contributed by atoms with Crippen LogP contribution in [-0.2, 0) is 5.72 Å². The Kier molecular flexibility index (Phi) is 5.40. The van der Waals surface area contributed by atoms with Gasteiger partial charge in [0, 0.05) is 29.0 Å². The van der Waals surface area contributed by atoms with Crippen molar-refractivity contribution in [2.24, 2.45) is 0 Å². The summed E-state index contributed by atoms with van der Waals surface area (Å²) in [6, 6.07) is 10.8. The molecule has 26 heavy (non-hydrogen) atoms. The van der Waals surface area contributed by atoms with Crippen LogP contribution in [0.2, 0.25) is 10.0 Å². The molecule has 1 aliphatic rings. The largest absolute Gasteiger partial charge is 0.366 e. The van der Waals surface area contributed by atoms with E-state index in [4.69, 9.17) is 23.2 Å². The van der Waals surface area contributed by atoms with E-state index < -0.39 is 11.6 Å². The number of hydrogen-bond acceptors (Lipinski definition) is 3. The van der Waals surface area contributed by atoms with Crippen LogP contribution in [0.5, 0.6) is 0 Å². The summed E-state index contributed by atoms with van der Waals surface area (Å²) in [6.07, 6.45) is 4.15. The first-order valence-corrected chi connectivity index (χ1v) is 10.1. The van der Waals surface area contributed by atoms with Crippen LogP contribution in [0, 0.1) is 0 Å². The van der Waals surface area contributed by atoms with E-state index >= 15 is 0 Å². The maximum Gasteiger partial charge on any atom is 0.256 e. The number of likely N-dealkylation sites (N-methyl/N-ethyl adjacent to an activating group) is 1. The van der Waals surface area contributed by atoms with Gasteiger partial charge in [-0.25, -0.2) is 0 Å². The number of aliphatic hydroxyl groups is 1. The summed E-state index contributed by atoms with van der Waals surface area (Å²) in [5.41, 5.74) is 0.425. The van der Waals surface area contributed by atoms with Crippen LogP contribution in [0.4, 0.5) is 0 Å². The van der Waals surface area contributed by atoms with E-state index in [1.165, 1.54) is 4.90 Å². The summed E-state index contributed by atoms with van der Waals surface area (Å²) in [7, 11) is 1.62. The highest BCUT2D eigenvalue weighted by atomic mass is 35.5. The van der Waals surface area contributed by atoms with Crippen LogP contribution in [0.25, 0.3) is 0 Å². The fraction of sp³-hybridized carbons (Fsp3) is 0.250. The van der Waals surface area contributed by atoms with Gasteiger partial charge in [0.05, 0.1) is 10.0 Å². The first-order chi connectivity index (χ1) is 12.3. The maximum atomic E-state index is 12.8. The second kappa shape index (κ2) is 7.28. The zero-order chi connectivity index (χ0) is 19.1. The molecule has 0 fully saturated rings. The quantitative estimate of drug-likeness (QED) is 0.539. The zero-order valence-electron chi connectivity index (χ0n) is 14.5. The molecule has 0 aromatic heterocycles. The minimum atomic E-state index is -1.49. The number of halogens is 2. The second-order valence-corrected chi connectivity index (χ2v) is 7.95. The van der Waals surface area contributed by atoms with Crippen molar-refractivity contribution < 1.29 is 9.90 Å². The normalized spacial score (nSPS) is 20.2. The van der Waals surface area contributed by atoms with Crippen LogP contribution in [0.3, 0.4) is 0 Å². The molecule has 0 saturated heterocycles. The Balaban J connectivity index is 2.19. The average molecular weight is 408 g/mol. The number of hydrogen-bond donors (Lipinski definition) is 1. The molecule has 0 aliphatic carbocycles. The van der Waals surface area contributed by atoms with Gasteiger partial charge in [0.2, 0.25) is 0 Å². The van der Waals surface area contributed by atoms with E-state index in [1.54, 1.807) is 37.0 Å². The lowest BCUT2D eigenvalue weighted by Gasteiger charge is -2.39. The van der Waals surface area contributed by atoms with Crippen LogP contribution < -0.4 is 0 Å². The highest BCUT2D eigenvalue weighted by Crippen LogP contribution is 2.48. The first-order valence-electron chi connectivity index (χ1n) is 8.09. The second-order valence-electron chi connectivity index (χ2n) is 6.25. The first kappa shape index (κ1) is 19.3. The van der Waals surface area contributed by atoms with Crippen molar-refractivity contribution in [2.75, 3.05) is 13.3 Å². The number of fused-ring (bicyclic) bond motifs is 1. The van der Waals surface area contributed by atoms with E-state index in [-0.39, 0.29) is 5.91 Å². The SMILES string of the molecule is C=CCC(c1ccc(Cl)c(Cl)c1)C1(O)c2ccc(SC)cc2C(=O)N1C. The van der Waals surface area contributed by atoms with Crippen LogP contribution >= 0.6 is 35.0 Å². The third-order valence-electron chi connectivity index (χ3n) is 4.90. The summed E-state index contributed by atoms with van der Waals surface area (Å²) < 4.78 is 0. The molecule has 2 unspecified atom stereocenters. The average Bonchev–Trinajstić information content (AvgIpc) is 2.84. The molecule has 0 spiro atoms. The molecular weight excluding hydrogens is 389 g/mol. The molecule has 0 bridgehead atoms. The van der Waals surface area contributed by atoms with Crippen molar-refractivity contribution in [3.63, 3.8) is 0 Å². The Hall–Kier alpha value is -1.46. The van der Waals surface area contributed by atoms with Crippen molar-refractivity contribution in [3.8, 4) is 0 Å². The molecular formula is C20H19Cl2NO2S. The topological polar surface area (TPSA) is 40.5 Å². The summed E-state index contributed by atoms with van der Waals surface area (Å²) in [5.74, 6) is -0.627. The monoisotopic (exact) mass is 407 g/mol. The van der Waals surface area contributed by atoms with E-state index in [1.807, 2.05) is 30.5 Å². The van der Waals surface area contributed by atoms with Gasteiger partial charge in [0.15, 0.2) is 5.72 Å². The van der Waals surface area contributed by atoms with Gasteiger partial charge in [-0.1, -0.05) is 41.4 Å². The van der Waals surface area contributed by atoms with Gasteiger partial charge in [-0.05, 0) is 42.5 Å². The molecule has 1 aliphatic heterocycles. The molecule has 0 radical (unpaired) electrons. The molecule has 1 N–H and O–H groups in total. The molecule has 2 atom stereocenters. The lowest BCUT2D eigenvalue weighted by molar-refractivity contribution is -0.0935. The number of benzene rings is 2. The molecule has 6 heteroatoms. The van der Waals surface area contributed by atoms with E-state index in [0.717, 1.165) is 10.5 Å². The smallest absolute Gasteiger partial charge is 0.256 e. The van der Waals surface area contributed by atoms with Gasteiger partial charge in [0.25, 0.3) is 5.91 Å². The number of thioether (sulfide) groups is 1. The Bertz CT molecular complexity index is 886. The van der Waals surface area contributed by atoms with Gasteiger partial charge in [0.1, 0.15) is 0 Å². The predicted molar refractivity (Wildman–Crippen MR) is 108 cm³/mol. The van der Waals surface area contributed by atoms with Crippen molar-refractivity contribution in [1.29, 1.82) is 0 Å². The number of nitrogens with zero attached hydrogens (tertiary/aromatic N) is 1. The van der Waals surface area contributed by atoms with Crippen LogP contribution in [0.1, 0.15) is 33.8 Å². The molecule has 0 saturated carbocycles. The Morgan fingerprint density at radius 3 is 2.62 bits per heavy atom. The summed E-state index contributed by atoms with van der Waals surface area (Å²) in [4.78, 5) is 15.2. The lowest BCUT2D eigenvalue weighted by atomic mass is 9.81. The Morgan fingerprint density at radius 2 is 2.00 bits per heavy atom. The molecule has 2 aromatic carbocycles. The van der Waals surface area contributed by atoms with Crippen LogP contribution in [-0.4, -0.2) is 29.2 Å². The van der Waals surface area contributed by atoms with Crippen LogP contribution in [0.15, 0.2) is 53.9 Å². The number of rotatable bonds is 5. The third kappa shape index (κ3) is 2.95. The zero-order valence-corrected chi connectivity index (χ0v) is 16.8. The molecule has 3 nitrogen and oxygen atoms in total. The van der Waals surface area contributed by atoms with Gasteiger partial charge < -0.3 is 10.0 Å². The number of carbonyl (C=O) groups is 1. The van der Waals surface area contributed by atoms with Crippen molar-refractivity contribution in [3.05, 3.63) is 75.8 Å². The lowest BCUT2D eigenvalue weighted by Crippen LogP contribution is -2.45. The molecule has 136 valence electrons. The van der Waals surface area contributed by atoms with E-state index in [2.05, 4.69) is 6.58 Å². The Morgan fingerprint density at radius 1 is 1.27 bits per heavy atom. The minimum Gasteiger partial charge on any atom is -0.366 e. The molecule has 3 rings (SSSR count). The summed E-state index contributed by atoms with van der Waals surface area (Å²) in [5, 5.41) is 12.6. The van der Waals surface area contributed by atoms with E-state index in [9.17, 15) is 9.90 Å². The predicted octanol–water partition coefficient (Wildman–Crippen LogP) is 5.31. The van der Waals surface area contributed by atoms with Crippen molar-refractivity contribution in [1.82, 2.24) is 4.90 Å². The fourth-order valence-electron chi connectivity index (χ4n) is 3.51. The molecule has 2 aromatic rings. The molecule has 1 heterocycles. The number of allylic oxidation sites excluding steroid dienone is 1.